The molecule has 0 bridgehead atoms. The molecule has 1 aromatic carbocycles. The van der Waals surface area contributed by atoms with Crippen LogP contribution in [0.4, 0.5) is 0 Å². The van der Waals surface area contributed by atoms with E-state index >= 15 is 0 Å². The number of rotatable bonds is 2. The quantitative estimate of drug-likeness (QED) is 0.780. The second-order valence-electron chi connectivity index (χ2n) is 6.41. The normalized spacial score (nSPS) is 22.8. The van der Waals surface area contributed by atoms with Gasteiger partial charge in [-0.1, -0.05) is 43.9 Å². The van der Waals surface area contributed by atoms with Crippen LogP contribution in [-0.4, -0.2) is 30.5 Å². The van der Waals surface area contributed by atoms with Gasteiger partial charge in [-0.05, 0) is 30.9 Å². The van der Waals surface area contributed by atoms with E-state index in [1.54, 1.807) is 0 Å². The molecule has 0 N–H and O–H groups in total. The molecule has 1 unspecified atom stereocenters. The lowest BCUT2D eigenvalue weighted by molar-refractivity contribution is -0.138. The van der Waals surface area contributed by atoms with E-state index < -0.39 is 0 Å². The van der Waals surface area contributed by atoms with Crippen molar-refractivity contribution in [3.8, 4) is 5.75 Å². The van der Waals surface area contributed by atoms with Gasteiger partial charge in [-0.25, -0.2) is 0 Å². The Labute approximate surface area is 127 Å². The highest BCUT2D eigenvalue weighted by molar-refractivity contribution is 5.79. The maximum atomic E-state index is 12.8. The van der Waals surface area contributed by atoms with Crippen LogP contribution in [-0.2, 0) is 11.2 Å². The van der Waals surface area contributed by atoms with Crippen LogP contribution >= 0.6 is 0 Å². The van der Waals surface area contributed by atoms with E-state index in [1.165, 1.54) is 25.7 Å². The van der Waals surface area contributed by atoms with E-state index in [9.17, 15) is 4.79 Å². The lowest BCUT2D eigenvalue weighted by Crippen LogP contribution is -2.43. The number of fused-ring (bicyclic) bond motifs is 1. The average Bonchev–Trinajstić information content (AvgIpc) is 2.82. The van der Waals surface area contributed by atoms with E-state index in [4.69, 9.17) is 4.74 Å². The van der Waals surface area contributed by atoms with Crippen molar-refractivity contribution in [3.63, 3.8) is 0 Å². The monoisotopic (exact) mass is 287 g/mol. The zero-order valence-corrected chi connectivity index (χ0v) is 12.9. The number of hydrogen-bond donors (Lipinski definition) is 0. The molecule has 2 aliphatic rings. The van der Waals surface area contributed by atoms with Crippen molar-refractivity contribution < 1.29 is 9.53 Å². The average molecular weight is 287 g/mol. The second-order valence-corrected chi connectivity index (χ2v) is 6.41. The van der Waals surface area contributed by atoms with Crippen LogP contribution < -0.4 is 4.74 Å². The van der Waals surface area contributed by atoms with Gasteiger partial charge in [0.15, 0.2) is 0 Å². The summed E-state index contributed by atoms with van der Waals surface area (Å²) in [5.41, 5.74) is 1.16. The first-order valence-electron chi connectivity index (χ1n) is 8.23. The molecule has 21 heavy (non-hydrogen) atoms. The van der Waals surface area contributed by atoms with Crippen LogP contribution in [0, 0.1) is 5.92 Å². The molecule has 1 atom stereocenters. The molecule has 1 aromatic rings. The van der Waals surface area contributed by atoms with Crippen molar-refractivity contribution in [2.45, 2.75) is 51.0 Å². The summed E-state index contributed by atoms with van der Waals surface area (Å²) in [4.78, 5) is 14.8. The molecule has 1 aliphatic carbocycles. The maximum Gasteiger partial charge on any atom is 0.229 e. The molecule has 0 radical (unpaired) electrons. The van der Waals surface area contributed by atoms with E-state index in [0.717, 1.165) is 30.6 Å². The molecule has 114 valence electrons. The molecule has 1 fully saturated rings. The van der Waals surface area contributed by atoms with Gasteiger partial charge in [-0.15, -0.1) is 0 Å². The largest absolute Gasteiger partial charge is 0.492 e. The number of amides is 1. The molecule has 1 amide bonds. The summed E-state index contributed by atoms with van der Waals surface area (Å²) in [6.45, 7) is 0.521. The Balaban J connectivity index is 1.65. The summed E-state index contributed by atoms with van der Waals surface area (Å²) >= 11 is 0. The maximum absolute atomic E-state index is 12.8. The number of nitrogens with zero attached hydrogens (tertiary/aromatic N) is 1. The standard InChI is InChI=1S/C18H25NO2/c1-19(16-9-4-2-3-5-10-16)18(20)15-12-14-8-6-7-11-17(14)21-13-15/h6-8,11,15-16H,2-5,9-10,12-13H2,1H3. The molecular formula is C18H25NO2. The molecular weight excluding hydrogens is 262 g/mol. The van der Waals surface area contributed by atoms with Crippen LogP contribution in [0.25, 0.3) is 0 Å². The minimum atomic E-state index is -0.0202. The Morgan fingerprint density at radius 1 is 1.14 bits per heavy atom. The molecule has 3 heteroatoms. The van der Waals surface area contributed by atoms with E-state index in [1.807, 2.05) is 30.1 Å². The van der Waals surface area contributed by atoms with Gasteiger partial charge in [0.1, 0.15) is 12.4 Å². The highest BCUT2D eigenvalue weighted by Gasteiger charge is 2.31. The molecule has 0 spiro atoms. The van der Waals surface area contributed by atoms with Gasteiger partial charge in [-0.3, -0.25) is 4.79 Å². The number of para-hydroxylation sites is 1. The molecule has 3 rings (SSSR count). The highest BCUT2D eigenvalue weighted by atomic mass is 16.5. The molecule has 1 aliphatic heterocycles. The minimum Gasteiger partial charge on any atom is -0.492 e. The van der Waals surface area contributed by atoms with E-state index in [-0.39, 0.29) is 11.8 Å². The Morgan fingerprint density at radius 2 is 1.86 bits per heavy atom. The number of carbonyl (C=O) groups is 1. The summed E-state index contributed by atoms with van der Waals surface area (Å²) in [6, 6.07) is 8.49. The van der Waals surface area contributed by atoms with Crippen LogP contribution in [0.5, 0.6) is 5.75 Å². The fraction of sp³-hybridized carbons (Fsp3) is 0.611. The summed E-state index contributed by atoms with van der Waals surface area (Å²) in [5.74, 6) is 1.18. The van der Waals surface area contributed by atoms with Crippen LogP contribution in [0.2, 0.25) is 0 Å². The van der Waals surface area contributed by atoms with E-state index in [2.05, 4.69) is 6.07 Å². The van der Waals surface area contributed by atoms with Gasteiger partial charge >= 0.3 is 0 Å². The fourth-order valence-corrected chi connectivity index (χ4v) is 3.60. The van der Waals surface area contributed by atoms with Crippen LogP contribution in [0.1, 0.15) is 44.1 Å². The fourth-order valence-electron chi connectivity index (χ4n) is 3.60. The number of hydrogen-bond acceptors (Lipinski definition) is 2. The number of benzene rings is 1. The Morgan fingerprint density at radius 3 is 2.62 bits per heavy atom. The lowest BCUT2D eigenvalue weighted by atomic mass is 9.94. The van der Waals surface area contributed by atoms with Gasteiger partial charge in [0.25, 0.3) is 0 Å². The summed E-state index contributed by atoms with van der Waals surface area (Å²) in [6.07, 6.45) is 8.28. The Kier molecular flexibility index (Phi) is 4.47. The van der Waals surface area contributed by atoms with Gasteiger partial charge in [0, 0.05) is 13.1 Å². The Bertz CT molecular complexity index is 492. The SMILES string of the molecule is CN(C(=O)C1COc2ccccc2C1)C1CCCCCC1. The smallest absolute Gasteiger partial charge is 0.229 e. The first kappa shape index (κ1) is 14.4. The van der Waals surface area contributed by atoms with E-state index in [0.29, 0.717) is 12.6 Å². The zero-order valence-electron chi connectivity index (χ0n) is 12.9. The molecule has 0 saturated heterocycles. The van der Waals surface area contributed by atoms with Gasteiger partial charge < -0.3 is 9.64 Å². The summed E-state index contributed by atoms with van der Waals surface area (Å²) < 4.78 is 5.77. The molecule has 0 aromatic heterocycles. The van der Waals surface area contributed by atoms with Crippen molar-refractivity contribution in [3.05, 3.63) is 29.8 Å². The van der Waals surface area contributed by atoms with Crippen LogP contribution in [0.3, 0.4) is 0 Å². The van der Waals surface area contributed by atoms with Gasteiger partial charge in [-0.2, -0.15) is 0 Å². The minimum absolute atomic E-state index is 0.0202. The predicted octanol–water partition coefficient (Wildman–Crippen LogP) is 3.42. The van der Waals surface area contributed by atoms with Crippen molar-refractivity contribution in [1.82, 2.24) is 4.90 Å². The topological polar surface area (TPSA) is 29.5 Å². The van der Waals surface area contributed by atoms with Gasteiger partial charge in [0.05, 0.1) is 5.92 Å². The third-order valence-corrected chi connectivity index (χ3v) is 4.95. The zero-order chi connectivity index (χ0) is 14.7. The third-order valence-electron chi connectivity index (χ3n) is 4.95. The van der Waals surface area contributed by atoms with Gasteiger partial charge in [0.2, 0.25) is 5.91 Å². The highest BCUT2D eigenvalue weighted by Crippen LogP contribution is 2.29. The lowest BCUT2D eigenvalue weighted by Gasteiger charge is -2.32. The van der Waals surface area contributed by atoms with Crippen molar-refractivity contribution >= 4 is 5.91 Å². The first-order valence-corrected chi connectivity index (χ1v) is 8.23. The first-order chi connectivity index (χ1) is 10.3. The summed E-state index contributed by atoms with van der Waals surface area (Å²) in [7, 11) is 1.98. The van der Waals surface area contributed by atoms with Crippen molar-refractivity contribution in [2.75, 3.05) is 13.7 Å². The number of carbonyl (C=O) groups excluding carboxylic acids is 1. The van der Waals surface area contributed by atoms with Crippen LogP contribution in [0.15, 0.2) is 24.3 Å². The number of ether oxygens (including phenoxy) is 1. The Hall–Kier alpha value is -1.51. The molecule has 1 saturated carbocycles. The molecule has 3 nitrogen and oxygen atoms in total. The second kappa shape index (κ2) is 6.50. The predicted molar refractivity (Wildman–Crippen MR) is 83.4 cm³/mol. The molecule has 1 heterocycles. The van der Waals surface area contributed by atoms with Crippen molar-refractivity contribution in [1.29, 1.82) is 0 Å². The van der Waals surface area contributed by atoms with Crippen molar-refractivity contribution in [2.24, 2.45) is 5.92 Å². The third kappa shape index (κ3) is 3.22. The summed E-state index contributed by atoms with van der Waals surface area (Å²) in [5, 5.41) is 0.